The van der Waals surface area contributed by atoms with Crippen LogP contribution in [0.25, 0.3) is 0 Å². The number of nitrogens with one attached hydrogen (secondary N) is 1. The Labute approximate surface area is 104 Å². The summed E-state index contributed by atoms with van der Waals surface area (Å²) in [5.41, 5.74) is 3.50. The summed E-state index contributed by atoms with van der Waals surface area (Å²) in [6.07, 6.45) is 5.33. The van der Waals surface area contributed by atoms with Crippen molar-refractivity contribution >= 4 is 29.6 Å². The first-order valence-electron chi connectivity index (χ1n) is 5.49. The van der Waals surface area contributed by atoms with Crippen LogP contribution in [0.4, 0.5) is 11.4 Å². The van der Waals surface area contributed by atoms with Gasteiger partial charge in [0.05, 0.1) is 17.6 Å². The summed E-state index contributed by atoms with van der Waals surface area (Å²) in [6, 6.07) is 7.12. The molecule has 2 N–H and O–H groups in total. The third-order valence-electron chi connectivity index (χ3n) is 2.97. The number of hydrogen-bond donors (Lipinski definition) is 2. The Balaban J connectivity index is 1.95. The highest BCUT2D eigenvalue weighted by Gasteiger charge is 2.41. The molecule has 3 rings (SSSR count). The van der Waals surface area contributed by atoms with Crippen LogP contribution in [0.2, 0.25) is 0 Å². The molecule has 0 aromatic heterocycles. The second-order valence-corrected chi connectivity index (χ2v) is 4.14. The summed E-state index contributed by atoms with van der Waals surface area (Å²) in [7, 11) is 1.94. The Morgan fingerprint density at radius 3 is 2.78 bits per heavy atom. The Morgan fingerprint density at radius 2 is 2.06 bits per heavy atom. The molecule has 90 valence electrons. The summed E-state index contributed by atoms with van der Waals surface area (Å²) < 4.78 is 0.264. The maximum Gasteiger partial charge on any atom is 0.280 e. The molecular formula is C12H12N5O+. The number of nitrogens with zero attached hydrogens (tertiary/aromatic N) is 4. The normalized spacial score (nSPS) is 26.6. The number of fused-ring (bicyclic) bond motifs is 1. The molecule has 2 aliphatic heterocycles. The molecule has 2 aliphatic rings. The lowest BCUT2D eigenvalue weighted by Gasteiger charge is -2.17. The van der Waals surface area contributed by atoms with Crippen molar-refractivity contribution in [2.75, 3.05) is 12.5 Å². The van der Waals surface area contributed by atoms with Gasteiger partial charge < -0.3 is 0 Å². The Morgan fingerprint density at radius 1 is 1.28 bits per heavy atom. The molecule has 0 aliphatic carbocycles. The van der Waals surface area contributed by atoms with Crippen molar-refractivity contribution < 1.29 is 9.80 Å². The van der Waals surface area contributed by atoms with Crippen LogP contribution in [0.5, 0.6) is 0 Å². The molecule has 0 fully saturated rings. The van der Waals surface area contributed by atoms with Gasteiger partial charge >= 0.3 is 0 Å². The molecule has 1 atom stereocenters. The van der Waals surface area contributed by atoms with Crippen molar-refractivity contribution in [2.45, 2.75) is 0 Å². The summed E-state index contributed by atoms with van der Waals surface area (Å²) in [6.45, 7) is 0. The van der Waals surface area contributed by atoms with Gasteiger partial charge in [-0.05, 0) is 24.3 Å². The minimum absolute atomic E-state index is 0.264. The van der Waals surface area contributed by atoms with Crippen LogP contribution in [0, 0.1) is 0 Å². The van der Waals surface area contributed by atoms with Gasteiger partial charge in [0.15, 0.2) is 0 Å². The molecule has 1 aromatic carbocycles. The van der Waals surface area contributed by atoms with E-state index in [1.54, 1.807) is 24.6 Å². The van der Waals surface area contributed by atoms with E-state index < -0.39 is 0 Å². The van der Waals surface area contributed by atoms with Gasteiger partial charge in [-0.2, -0.15) is 9.98 Å². The summed E-state index contributed by atoms with van der Waals surface area (Å²) in [5, 5.41) is 13.1. The van der Waals surface area contributed by atoms with Gasteiger partial charge in [0.1, 0.15) is 13.3 Å². The number of benzene rings is 1. The van der Waals surface area contributed by atoms with Crippen LogP contribution in [-0.2, 0) is 0 Å². The van der Waals surface area contributed by atoms with E-state index in [0.717, 1.165) is 17.3 Å². The summed E-state index contributed by atoms with van der Waals surface area (Å²) in [4.78, 5) is 8.80. The van der Waals surface area contributed by atoms with Crippen molar-refractivity contribution in [3.05, 3.63) is 36.2 Å². The van der Waals surface area contributed by atoms with Gasteiger partial charge in [-0.15, -0.1) is 4.59 Å². The van der Waals surface area contributed by atoms with E-state index in [1.807, 2.05) is 25.3 Å². The van der Waals surface area contributed by atoms with E-state index in [-0.39, 0.29) is 4.59 Å². The van der Waals surface area contributed by atoms with Gasteiger partial charge in [0, 0.05) is 6.08 Å². The van der Waals surface area contributed by atoms with Crippen molar-refractivity contribution in [3.63, 3.8) is 0 Å². The predicted molar refractivity (Wildman–Crippen MR) is 70.2 cm³/mol. The second kappa shape index (κ2) is 3.86. The van der Waals surface area contributed by atoms with E-state index in [0.29, 0.717) is 5.69 Å². The number of hydrogen-bond acceptors (Lipinski definition) is 5. The molecule has 0 saturated carbocycles. The Kier molecular flexibility index (Phi) is 2.32. The number of aliphatic imine (C=N–C) groups is 2. The number of anilines is 1. The largest absolute Gasteiger partial charge is 0.291 e. The summed E-state index contributed by atoms with van der Waals surface area (Å²) >= 11 is 0. The zero-order valence-corrected chi connectivity index (χ0v) is 9.78. The predicted octanol–water partition coefficient (Wildman–Crippen LogP) is 1.89. The molecule has 1 unspecified atom stereocenters. The van der Waals surface area contributed by atoms with Crippen molar-refractivity contribution in [1.29, 1.82) is 0 Å². The number of amidine groups is 1. The van der Waals surface area contributed by atoms with E-state index in [4.69, 9.17) is 5.21 Å². The Hall–Kier alpha value is -2.31. The lowest BCUT2D eigenvalue weighted by molar-refractivity contribution is -0.779. The van der Waals surface area contributed by atoms with Gasteiger partial charge in [-0.3, -0.25) is 10.7 Å². The van der Waals surface area contributed by atoms with Crippen LogP contribution < -0.4 is 5.48 Å². The fourth-order valence-corrected chi connectivity index (χ4v) is 1.87. The highest BCUT2D eigenvalue weighted by atomic mass is 16.5. The number of rotatable bonds is 2. The topological polar surface area (TPSA) is 69.3 Å². The van der Waals surface area contributed by atoms with Crippen LogP contribution in [0.1, 0.15) is 0 Å². The SMILES string of the molecule is C[N+]12N=CC=C1N=CC2=Nc1ccc(NO)cc1. The Bertz CT molecular complexity index is 599. The average molecular weight is 242 g/mol. The third-order valence-corrected chi connectivity index (χ3v) is 2.97. The van der Waals surface area contributed by atoms with E-state index in [1.165, 1.54) is 0 Å². The molecule has 1 aromatic rings. The monoisotopic (exact) mass is 242 g/mol. The van der Waals surface area contributed by atoms with Crippen LogP contribution in [0.15, 0.2) is 51.2 Å². The first-order valence-corrected chi connectivity index (χ1v) is 5.49. The van der Waals surface area contributed by atoms with Gasteiger partial charge in [-0.1, -0.05) is 5.10 Å². The van der Waals surface area contributed by atoms with E-state index >= 15 is 0 Å². The van der Waals surface area contributed by atoms with Gasteiger partial charge in [0.2, 0.25) is 0 Å². The fourth-order valence-electron chi connectivity index (χ4n) is 1.87. The molecule has 0 spiro atoms. The number of allylic oxidation sites excluding steroid dienone is 1. The minimum atomic E-state index is 0.264. The summed E-state index contributed by atoms with van der Waals surface area (Å²) in [5.74, 6) is 1.63. The molecule has 2 heterocycles. The maximum atomic E-state index is 8.74. The fraction of sp³-hybridized carbons (Fsp3) is 0.0833. The zero-order chi connectivity index (χ0) is 12.6. The van der Waals surface area contributed by atoms with Crippen LogP contribution in [-0.4, -0.2) is 35.1 Å². The third kappa shape index (κ3) is 1.55. The zero-order valence-electron chi connectivity index (χ0n) is 9.78. The molecule has 18 heavy (non-hydrogen) atoms. The maximum absolute atomic E-state index is 8.74. The molecule has 6 heteroatoms. The van der Waals surface area contributed by atoms with Gasteiger partial charge in [-0.25, -0.2) is 0 Å². The smallest absolute Gasteiger partial charge is 0.280 e. The molecule has 0 bridgehead atoms. The second-order valence-electron chi connectivity index (χ2n) is 4.14. The molecule has 0 amide bonds. The first-order chi connectivity index (χ1) is 8.72. The molecular weight excluding hydrogens is 230 g/mol. The number of quaternary nitrogens is 1. The van der Waals surface area contributed by atoms with E-state index in [2.05, 4.69) is 20.6 Å². The lowest BCUT2D eigenvalue weighted by Crippen LogP contribution is -2.37. The highest BCUT2D eigenvalue weighted by Crippen LogP contribution is 2.28. The average Bonchev–Trinajstić information content (AvgIpc) is 2.89. The standard InChI is InChI=1S/C12H12N5O/c1-17-11(6-7-14-17)13-8-12(17)15-9-2-4-10(16-18)5-3-9/h2-8,16,18H,1H3/q+1. The van der Waals surface area contributed by atoms with Crippen LogP contribution in [0.3, 0.4) is 0 Å². The van der Waals surface area contributed by atoms with Crippen molar-refractivity contribution in [3.8, 4) is 0 Å². The molecule has 6 nitrogen and oxygen atoms in total. The molecule has 0 radical (unpaired) electrons. The van der Waals surface area contributed by atoms with Crippen molar-refractivity contribution in [1.82, 2.24) is 0 Å². The van der Waals surface area contributed by atoms with Crippen molar-refractivity contribution in [2.24, 2.45) is 15.1 Å². The lowest BCUT2D eigenvalue weighted by atomic mass is 10.3. The quantitative estimate of drug-likeness (QED) is 0.614. The minimum Gasteiger partial charge on any atom is -0.291 e. The molecule has 0 saturated heterocycles. The highest BCUT2D eigenvalue weighted by molar-refractivity contribution is 6.28. The van der Waals surface area contributed by atoms with Crippen LogP contribution >= 0.6 is 0 Å². The van der Waals surface area contributed by atoms with E-state index in [9.17, 15) is 0 Å². The van der Waals surface area contributed by atoms with Gasteiger partial charge in [0.25, 0.3) is 11.7 Å². The first kappa shape index (κ1) is 10.8.